The lowest BCUT2D eigenvalue weighted by Gasteiger charge is -2.21. The van der Waals surface area contributed by atoms with Crippen LogP contribution in [0.15, 0.2) is 36.8 Å². The zero-order valence-corrected chi connectivity index (χ0v) is 18.3. The summed E-state index contributed by atoms with van der Waals surface area (Å²) in [5, 5.41) is 14.5. The van der Waals surface area contributed by atoms with E-state index >= 15 is 0 Å². The zero-order chi connectivity index (χ0) is 24.4. The Morgan fingerprint density at radius 3 is 2.52 bits per heavy atom. The van der Waals surface area contributed by atoms with E-state index in [1.165, 1.54) is 0 Å². The van der Waals surface area contributed by atoms with E-state index in [2.05, 4.69) is 47.4 Å². The number of hydrogen-bond acceptors (Lipinski definition) is 5. The molecule has 2 aromatic heterocycles. The largest absolute Gasteiger partial charge is 0.490 e. The summed E-state index contributed by atoms with van der Waals surface area (Å²) in [5.74, 6) is -2.95. The minimum atomic E-state index is -5.08. The number of carbonyl (C=O) groups is 2. The third-order valence-corrected chi connectivity index (χ3v) is 5.04. The van der Waals surface area contributed by atoms with Gasteiger partial charge in [-0.2, -0.15) is 13.2 Å². The molecule has 3 aromatic rings. The topological polar surface area (TPSA) is 109 Å². The maximum atomic E-state index is 12.9. The van der Waals surface area contributed by atoms with E-state index in [1.54, 1.807) is 12.5 Å². The number of carboxylic acids is 1. The normalized spacial score (nSPS) is 13.6. The van der Waals surface area contributed by atoms with E-state index in [0.717, 1.165) is 40.9 Å². The number of nitrogens with one attached hydrogen (secondary N) is 2. The number of halogens is 3. The first-order valence-electron chi connectivity index (χ1n) is 10.1. The van der Waals surface area contributed by atoms with Gasteiger partial charge < -0.3 is 20.3 Å². The van der Waals surface area contributed by atoms with Crippen LogP contribution in [0.25, 0.3) is 10.9 Å². The van der Waals surface area contributed by atoms with E-state index < -0.39 is 12.1 Å². The molecule has 0 saturated heterocycles. The predicted octanol–water partition coefficient (Wildman–Crippen LogP) is 3.72. The summed E-state index contributed by atoms with van der Waals surface area (Å²) in [7, 11) is 0. The fourth-order valence-electron chi connectivity index (χ4n) is 3.28. The molecule has 0 fully saturated rings. The SMILES string of the molecule is CC(C)(C)c1cc(NC(=O)c2ncn3c2CNCC3)c2ncccc2c1.O=C(O)C(F)(F)F. The molecule has 0 saturated carbocycles. The number of hydrogen-bond donors (Lipinski definition) is 3. The van der Waals surface area contributed by atoms with Crippen molar-refractivity contribution in [1.82, 2.24) is 19.9 Å². The smallest absolute Gasteiger partial charge is 0.475 e. The van der Waals surface area contributed by atoms with Crippen LogP contribution in [0.2, 0.25) is 0 Å². The summed E-state index contributed by atoms with van der Waals surface area (Å²) in [4.78, 5) is 30.6. The number of aromatic nitrogens is 3. The average Bonchev–Trinajstić information content (AvgIpc) is 3.17. The highest BCUT2D eigenvalue weighted by atomic mass is 19.4. The van der Waals surface area contributed by atoms with Crippen molar-refractivity contribution in [3.8, 4) is 0 Å². The van der Waals surface area contributed by atoms with Crippen LogP contribution in [0.4, 0.5) is 18.9 Å². The molecular formula is C22H24F3N5O3. The molecule has 1 aliphatic rings. The lowest BCUT2D eigenvalue weighted by molar-refractivity contribution is -0.192. The van der Waals surface area contributed by atoms with Crippen LogP contribution in [0.5, 0.6) is 0 Å². The van der Waals surface area contributed by atoms with Gasteiger partial charge in [-0.15, -0.1) is 0 Å². The second-order valence-corrected chi connectivity index (χ2v) is 8.52. The Morgan fingerprint density at radius 1 is 1.18 bits per heavy atom. The number of amides is 1. The molecule has 1 amide bonds. The Kier molecular flexibility index (Phi) is 6.73. The molecule has 1 aliphatic heterocycles. The van der Waals surface area contributed by atoms with E-state index in [1.807, 2.05) is 22.8 Å². The molecule has 3 N–H and O–H groups in total. The van der Waals surface area contributed by atoms with E-state index in [-0.39, 0.29) is 11.3 Å². The molecule has 4 rings (SSSR count). The van der Waals surface area contributed by atoms with Gasteiger partial charge in [0.1, 0.15) is 0 Å². The minimum Gasteiger partial charge on any atom is -0.475 e. The molecular weight excluding hydrogens is 439 g/mol. The standard InChI is InChI=1S/C20H23N5O.C2HF3O2/c1-20(2,3)14-9-13-5-4-6-22-17(13)15(10-14)24-19(26)18-16-11-21-7-8-25(16)12-23-18;3-2(4,5)1(6)7/h4-6,9-10,12,21H,7-8,11H2,1-3H3,(H,24,26);(H,6,7). The number of benzene rings is 1. The molecule has 0 bridgehead atoms. The molecule has 1 aromatic carbocycles. The first-order valence-corrected chi connectivity index (χ1v) is 10.1. The summed E-state index contributed by atoms with van der Waals surface area (Å²) >= 11 is 0. The average molecular weight is 463 g/mol. The Bertz CT molecular complexity index is 1180. The Hall–Kier alpha value is -3.47. The highest BCUT2D eigenvalue weighted by Crippen LogP contribution is 2.31. The van der Waals surface area contributed by atoms with Crippen LogP contribution in [-0.4, -0.2) is 44.2 Å². The van der Waals surface area contributed by atoms with Gasteiger partial charge in [0.25, 0.3) is 5.91 Å². The first kappa shape index (κ1) is 24.2. The van der Waals surface area contributed by atoms with Gasteiger partial charge in [0, 0.05) is 31.2 Å². The predicted molar refractivity (Wildman–Crippen MR) is 116 cm³/mol. The number of carbonyl (C=O) groups excluding carboxylic acids is 1. The van der Waals surface area contributed by atoms with Crippen LogP contribution in [0, 0.1) is 0 Å². The molecule has 0 atom stereocenters. The van der Waals surface area contributed by atoms with Gasteiger partial charge in [-0.1, -0.05) is 26.8 Å². The van der Waals surface area contributed by atoms with Crippen LogP contribution in [-0.2, 0) is 23.3 Å². The third-order valence-electron chi connectivity index (χ3n) is 5.04. The summed E-state index contributed by atoms with van der Waals surface area (Å²) in [5.41, 5.74) is 4.05. The maximum absolute atomic E-state index is 12.9. The quantitative estimate of drug-likeness (QED) is 0.535. The third kappa shape index (κ3) is 5.67. The first-order chi connectivity index (χ1) is 15.4. The van der Waals surface area contributed by atoms with Crippen LogP contribution >= 0.6 is 0 Å². The molecule has 8 nitrogen and oxygen atoms in total. The molecule has 0 unspecified atom stereocenters. The van der Waals surface area contributed by atoms with Crippen molar-refractivity contribution in [3.05, 3.63) is 53.7 Å². The number of anilines is 1. The Labute approximate surface area is 187 Å². The molecule has 176 valence electrons. The van der Waals surface area contributed by atoms with Gasteiger partial charge in [0.2, 0.25) is 0 Å². The van der Waals surface area contributed by atoms with Crippen molar-refractivity contribution in [3.63, 3.8) is 0 Å². The number of aliphatic carboxylic acids is 1. The van der Waals surface area contributed by atoms with Gasteiger partial charge >= 0.3 is 12.1 Å². The number of carboxylic acid groups (broad SMARTS) is 1. The van der Waals surface area contributed by atoms with Gasteiger partial charge in [-0.3, -0.25) is 9.78 Å². The van der Waals surface area contributed by atoms with Gasteiger partial charge in [-0.25, -0.2) is 9.78 Å². The number of imidazole rings is 1. The van der Waals surface area contributed by atoms with Crippen molar-refractivity contribution in [2.75, 3.05) is 11.9 Å². The van der Waals surface area contributed by atoms with Gasteiger partial charge in [0.05, 0.1) is 23.2 Å². The number of fused-ring (bicyclic) bond motifs is 2. The molecule has 0 spiro atoms. The van der Waals surface area contributed by atoms with Gasteiger partial charge in [-0.05, 0) is 29.2 Å². The van der Waals surface area contributed by atoms with Crippen molar-refractivity contribution < 1.29 is 27.9 Å². The Morgan fingerprint density at radius 2 is 1.88 bits per heavy atom. The van der Waals surface area contributed by atoms with Crippen LogP contribution in [0.3, 0.4) is 0 Å². The van der Waals surface area contributed by atoms with Gasteiger partial charge in [0.15, 0.2) is 5.69 Å². The van der Waals surface area contributed by atoms with Crippen LogP contribution in [0.1, 0.15) is 42.5 Å². The summed E-state index contributed by atoms with van der Waals surface area (Å²) in [6.45, 7) is 8.87. The number of alkyl halides is 3. The number of nitrogens with zero attached hydrogens (tertiary/aromatic N) is 3. The van der Waals surface area contributed by atoms with Crippen LogP contribution < -0.4 is 10.6 Å². The van der Waals surface area contributed by atoms with E-state index in [4.69, 9.17) is 9.90 Å². The zero-order valence-electron chi connectivity index (χ0n) is 18.3. The monoisotopic (exact) mass is 463 g/mol. The van der Waals surface area contributed by atoms with Crippen molar-refractivity contribution in [2.24, 2.45) is 0 Å². The van der Waals surface area contributed by atoms with E-state index in [0.29, 0.717) is 12.2 Å². The van der Waals surface area contributed by atoms with Crippen molar-refractivity contribution >= 4 is 28.5 Å². The second kappa shape index (κ2) is 9.18. The Balaban J connectivity index is 0.000000383. The second-order valence-electron chi connectivity index (χ2n) is 8.52. The molecule has 0 radical (unpaired) electrons. The summed E-state index contributed by atoms with van der Waals surface area (Å²) in [6.07, 6.45) is -1.59. The lowest BCUT2D eigenvalue weighted by atomic mass is 9.86. The summed E-state index contributed by atoms with van der Waals surface area (Å²) < 4.78 is 33.8. The number of pyridine rings is 1. The minimum absolute atomic E-state index is 0.0268. The highest BCUT2D eigenvalue weighted by Gasteiger charge is 2.38. The maximum Gasteiger partial charge on any atom is 0.490 e. The molecule has 33 heavy (non-hydrogen) atoms. The number of rotatable bonds is 2. The highest BCUT2D eigenvalue weighted by molar-refractivity contribution is 6.08. The van der Waals surface area contributed by atoms with Crippen molar-refractivity contribution in [2.45, 2.75) is 45.5 Å². The summed E-state index contributed by atoms with van der Waals surface area (Å²) in [6, 6.07) is 8.10. The van der Waals surface area contributed by atoms with Crippen molar-refractivity contribution in [1.29, 1.82) is 0 Å². The lowest BCUT2D eigenvalue weighted by Crippen LogP contribution is -2.29. The fourth-order valence-corrected chi connectivity index (χ4v) is 3.28. The molecule has 3 heterocycles. The molecule has 0 aliphatic carbocycles. The fraction of sp³-hybridized carbons (Fsp3) is 0.364. The molecule has 11 heteroatoms. The van der Waals surface area contributed by atoms with E-state index in [9.17, 15) is 18.0 Å².